The van der Waals surface area contributed by atoms with E-state index >= 15 is 0 Å². The van der Waals surface area contributed by atoms with Gasteiger partial charge in [0.05, 0.1) is 5.60 Å². The molecule has 0 atom stereocenters. The number of rotatable bonds is 5. The summed E-state index contributed by atoms with van der Waals surface area (Å²) in [7, 11) is 1.93. The molecule has 0 amide bonds. The average molecular weight is 281 g/mol. The molecule has 2 heterocycles. The van der Waals surface area contributed by atoms with Crippen molar-refractivity contribution >= 4 is 11.6 Å². The Kier molecular flexibility index (Phi) is 4.74. The van der Waals surface area contributed by atoms with Crippen molar-refractivity contribution in [2.45, 2.75) is 31.8 Å². The summed E-state index contributed by atoms with van der Waals surface area (Å²) < 4.78 is 5.30. The molecule has 112 valence electrons. The first-order valence-electron chi connectivity index (χ1n) is 6.91. The average Bonchev–Trinajstić information content (AvgIpc) is 2.46. The number of ether oxygens (including phenoxy) is 1. The molecular weight excluding hydrogens is 258 g/mol. The quantitative estimate of drug-likeness (QED) is 0.527. The van der Waals surface area contributed by atoms with Crippen molar-refractivity contribution in [3.8, 4) is 0 Å². The van der Waals surface area contributed by atoms with Crippen LogP contribution < -0.4 is 16.2 Å². The smallest absolute Gasteiger partial charge is 0.148 e. The molecule has 0 spiro atoms. The predicted octanol–water partition coefficient (Wildman–Crippen LogP) is 0.302. The maximum absolute atomic E-state index is 10.6. The summed E-state index contributed by atoms with van der Waals surface area (Å²) in [5.41, 5.74) is 2.82. The Hall–Kier alpha value is -1.44. The van der Waals surface area contributed by atoms with Gasteiger partial charge in [-0.15, -0.1) is 0 Å². The highest BCUT2D eigenvalue weighted by Gasteiger charge is 2.32. The minimum atomic E-state index is -0.723. The van der Waals surface area contributed by atoms with Gasteiger partial charge in [-0.2, -0.15) is 0 Å². The van der Waals surface area contributed by atoms with Crippen molar-refractivity contribution < 1.29 is 9.84 Å². The van der Waals surface area contributed by atoms with Gasteiger partial charge in [0.1, 0.15) is 18.0 Å². The Balaban J connectivity index is 2.18. The second kappa shape index (κ2) is 6.34. The number of nitrogens with one attached hydrogen (secondary N) is 1. The van der Waals surface area contributed by atoms with Gasteiger partial charge >= 0.3 is 0 Å². The topological polar surface area (TPSA) is 96.5 Å². The number of hydrogen-bond acceptors (Lipinski definition) is 7. The molecule has 1 aliphatic rings. The fourth-order valence-electron chi connectivity index (χ4n) is 2.61. The molecule has 0 radical (unpaired) electrons. The zero-order valence-electron chi connectivity index (χ0n) is 12.1. The highest BCUT2D eigenvalue weighted by molar-refractivity contribution is 5.58. The summed E-state index contributed by atoms with van der Waals surface area (Å²) in [5.74, 6) is 6.91. The standard InChI is InChI=1S/C13H23N5O2/c1-3-10-11(17-14)15-9-16-12(10)18(2)8-13(19)4-6-20-7-5-13/h9,19H,3-8,14H2,1-2H3,(H,15,16,17). The van der Waals surface area contributed by atoms with Crippen LogP contribution in [0.3, 0.4) is 0 Å². The van der Waals surface area contributed by atoms with Gasteiger partial charge in [-0.3, -0.25) is 0 Å². The van der Waals surface area contributed by atoms with E-state index in [1.165, 1.54) is 6.33 Å². The Morgan fingerprint density at radius 3 is 2.75 bits per heavy atom. The van der Waals surface area contributed by atoms with E-state index in [1.54, 1.807) is 0 Å². The third-order valence-electron chi connectivity index (χ3n) is 3.73. The highest BCUT2D eigenvalue weighted by atomic mass is 16.5. The molecule has 4 N–H and O–H groups in total. The molecule has 1 fully saturated rings. The molecule has 0 saturated carbocycles. The lowest BCUT2D eigenvalue weighted by atomic mass is 9.94. The molecule has 20 heavy (non-hydrogen) atoms. The normalized spacial score (nSPS) is 17.8. The third-order valence-corrected chi connectivity index (χ3v) is 3.73. The minimum absolute atomic E-state index is 0.518. The lowest BCUT2D eigenvalue weighted by molar-refractivity contribution is -0.0573. The summed E-state index contributed by atoms with van der Waals surface area (Å²) in [5, 5.41) is 10.6. The Labute approximate surface area is 119 Å². The summed E-state index contributed by atoms with van der Waals surface area (Å²) in [6.07, 6.45) is 3.54. The molecule has 2 rings (SSSR count). The van der Waals surface area contributed by atoms with Crippen LogP contribution in [0.5, 0.6) is 0 Å². The number of hydrazine groups is 1. The zero-order chi connectivity index (χ0) is 14.6. The number of nitrogens with two attached hydrogens (primary N) is 1. The second-order valence-corrected chi connectivity index (χ2v) is 5.22. The second-order valence-electron chi connectivity index (χ2n) is 5.22. The molecule has 1 aromatic heterocycles. The van der Waals surface area contributed by atoms with E-state index in [2.05, 4.69) is 15.4 Å². The maximum atomic E-state index is 10.6. The van der Waals surface area contributed by atoms with Crippen molar-refractivity contribution in [2.75, 3.05) is 37.1 Å². The minimum Gasteiger partial charge on any atom is -0.388 e. The van der Waals surface area contributed by atoms with Crippen LogP contribution >= 0.6 is 0 Å². The first kappa shape index (κ1) is 15.0. The molecular formula is C13H23N5O2. The molecule has 0 bridgehead atoms. The summed E-state index contributed by atoms with van der Waals surface area (Å²) >= 11 is 0. The third kappa shape index (κ3) is 3.17. The van der Waals surface area contributed by atoms with Gasteiger partial charge in [0.2, 0.25) is 0 Å². The van der Waals surface area contributed by atoms with E-state index in [-0.39, 0.29) is 0 Å². The lowest BCUT2D eigenvalue weighted by Gasteiger charge is -2.36. The molecule has 0 unspecified atom stereocenters. The molecule has 0 aliphatic carbocycles. The van der Waals surface area contributed by atoms with Gasteiger partial charge in [0.15, 0.2) is 0 Å². The first-order chi connectivity index (χ1) is 9.59. The van der Waals surface area contributed by atoms with E-state index in [4.69, 9.17) is 10.6 Å². The number of nitrogen functional groups attached to an aromatic ring is 1. The van der Waals surface area contributed by atoms with Crippen LogP contribution in [0.15, 0.2) is 6.33 Å². The fourth-order valence-corrected chi connectivity index (χ4v) is 2.61. The van der Waals surface area contributed by atoms with Crippen molar-refractivity contribution in [1.82, 2.24) is 9.97 Å². The van der Waals surface area contributed by atoms with Crippen molar-refractivity contribution in [2.24, 2.45) is 5.84 Å². The van der Waals surface area contributed by atoms with Crippen LogP contribution in [0.4, 0.5) is 11.6 Å². The zero-order valence-corrected chi connectivity index (χ0v) is 12.1. The van der Waals surface area contributed by atoms with Crippen LogP contribution in [0.1, 0.15) is 25.3 Å². The maximum Gasteiger partial charge on any atom is 0.148 e. The van der Waals surface area contributed by atoms with Gasteiger partial charge in [0, 0.05) is 45.2 Å². The summed E-state index contributed by atoms with van der Waals surface area (Å²) in [6, 6.07) is 0. The van der Waals surface area contributed by atoms with Crippen LogP contribution in [0.25, 0.3) is 0 Å². The molecule has 7 heteroatoms. The Morgan fingerprint density at radius 1 is 1.45 bits per heavy atom. The van der Waals surface area contributed by atoms with E-state index in [0.29, 0.717) is 38.4 Å². The molecule has 7 nitrogen and oxygen atoms in total. The van der Waals surface area contributed by atoms with E-state index < -0.39 is 5.60 Å². The van der Waals surface area contributed by atoms with E-state index in [0.717, 1.165) is 17.8 Å². The van der Waals surface area contributed by atoms with Gasteiger partial charge < -0.3 is 20.2 Å². The van der Waals surface area contributed by atoms with Gasteiger partial charge in [-0.1, -0.05) is 6.92 Å². The highest BCUT2D eigenvalue weighted by Crippen LogP contribution is 2.27. The monoisotopic (exact) mass is 281 g/mol. The van der Waals surface area contributed by atoms with Gasteiger partial charge in [-0.05, 0) is 6.42 Å². The van der Waals surface area contributed by atoms with Crippen molar-refractivity contribution in [3.05, 3.63) is 11.9 Å². The summed E-state index contributed by atoms with van der Waals surface area (Å²) in [6.45, 7) is 3.75. The predicted molar refractivity (Wildman–Crippen MR) is 77.5 cm³/mol. The number of aliphatic hydroxyl groups is 1. The van der Waals surface area contributed by atoms with Crippen LogP contribution in [0, 0.1) is 0 Å². The SMILES string of the molecule is CCc1c(NN)ncnc1N(C)CC1(O)CCOCC1. The number of likely N-dealkylation sites (N-methyl/N-ethyl adjacent to an activating group) is 1. The van der Waals surface area contributed by atoms with Crippen LogP contribution in [-0.2, 0) is 11.2 Å². The van der Waals surface area contributed by atoms with Gasteiger partial charge in [0.25, 0.3) is 0 Å². The van der Waals surface area contributed by atoms with E-state index in [9.17, 15) is 5.11 Å². The summed E-state index contributed by atoms with van der Waals surface area (Å²) in [4.78, 5) is 10.4. The number of hydrogen-bond donors (Lipinski definition) is 3. The van der Waals surface area contributed by atoms with Gasteiger partial charge in [-0.25, -0.2) is 15.8 Å². The Morgan fingerprint density at radius 2 is 2.15 bits per heavy atom. The Bertz CT molecular complexity index is 448. The van der Waals surface area contributed by atoms with Crippen molar-refractivity contribution in [3.63, 3.8) is 0 Å². The molecule has 1 aliphatic heterocycles. The first-order valence-corrected chi connectivity index (χ1v) is 6.91. The molecule has 1 aromatic rings. The lowest BCUT2D eigenvalue weighted by Crippen LogP contribution is -2.46. The van der Waals surface area contributed by atoms with E-state index in [1.807, 2.05) is 18.9 Å². The number of nitrogens with zero attached hydrogens (tertiary/aromatic N) is 3. The van der Waals surface area contributed by atoms with Crippen molar-refractivity contribution in [1.29, 1.82) is 0 Å². The number of anilines is 2. The van der Waals surface area contributed by atoms with Crippen LogP contribution in [-0.4, -0.2) is 47.5 Å². The van der Waals surface area contributed by atoms with Crippen LogP contribution in [0.2, 0.25) is 0 Å². The molecule has 0 aromatic carbocycles. The largest absolute Gasteiger partial charge is 0.388 e. The fraction of sp³-hybridized carbons (Fsp3) is 0.692. The number of aromatic nitrogens is 2. The molecule has 1 saturated heterocycles.